The molecular weight excluding hydrogens is 279 g/mol. The number of likely N-dealkylation sites (N-methyl/N-ethyl adjacent to an activating group) is 1. The van der Waals surface area contributed by atoms with E-state index in [1.165, 1.54) is 11.1 Å². The van der Waals surface area contributed by atoms with Gasteiger partial charge in [-0.1, -0.05) is 35.3 Å². The Morgan fingerprint density at radius 2 is 2.05 bits per heavy atom. The second-order valence-electron chi connectivity index (χ2n) is 4.49. The van der Waals surface area contributed by atoms with Crippen molar-refractivity contribution in [3.05, 3.63) is 63.4 Å². The zero-order valence-corrected chi connectivity index (χ0v) is 12.5. The normalized spacial score (nSPS) is 12.4. The van der Waals surface area contributed by atoms with Crippen LogP contribution in [0.2, 0.25) is 10.0 Å². The second-order valence-corrected chi connectivity index (χ2v) is 5.28. The van der Waals surface area contributed by atoms with Gasteiger partial charge in [-0.15, -0.1) is 0 Å². The van der Waals surface area contributed by atoms with Gasteiger partial charge in [0.05, 0.1) is 10.0 Å². The molecule has 0 aliphatic rings. The lowest BCUT2D eigenvalue weighted by molar-refractivity contribution is 0.587. The third-order valence-electron chi connectivity index (χ3n) is 3.26. The van der Waals surface area contributed by atoms with E-state index in [0.29, 0.717) is 10.0 Å². The van der Waals surface area contributed by atoms with Gasteiger partial charge in [0.2, 0.25) is 0 Å². The molecule has 0 aliphatic heterocycles. The largest absolute Gasteiger partial charge is 0.313 e. The fourth-order valence-electron chi connectivity index (χ4n) is 2.13. The first-order valence-electron chi connectivity index (χ1n) is 6.14. The lowest BCUT2D eigenvalue weighted by atomic mass is 9.97. The minimum absolute atomic E-state index is 0.171. The lowest BCUT2D eigenvalue weighted by Gasteiger charge is -2.19. The highest BCUT2D eigenvalue weighted by Crippen LogP contribution is 2.29. The van der Waals surface area contributed by atoms with E-state index in [1.807, 2.05) is 31.4 Å². The van der Waals surface area contributed by atoms with Crippen molar-refractivity contribution < 1.29 is 0 Å². The Kier molecular flexibility index (Phi) is 4.81. The predicted octanol–water partition coefficient (Wildman–Crippen LogP) is 4.20. The van der Waals surface area contributed by atoms with Crippen LogP contribution in [0.4, 0.5) is 0 Å². The van der Waals surface area contributed by atoms with E-state index in [0.717, 1.165) is 12.0 Å². The van der Waals surface area contributed by atoms with Crippen LogP contribution in [0.5, 0.6) is 0 Å². The Balaban J connectivity index is 2.30. The summed E-state index contributed by atoms with van der Waals surface area (Å²) in [7, 11) is 1.94. The van der Waals surface area contributed by atoms with Crippen LogP contribution in [-0.4, -0.2) is 12.0 Å². The van der Waals surface area contributed by atoms with Crippen LogP contribution in [0.25, 0.3) is 0 Å². The molecule has 2 rings (SSSR count). The molecule has 1 unspecified atom stereocenters. The predicted molar refractivity (Wildman–Crippen MR) is 80.9 cm³/mol. The number of aromatic nitrogens is 1. The van der Waals surface area contributed by atoms with Crippen molar-refractivity contribution in [2.75, 3.05) is 7.05 Å². The number of hydrogen-bond acceptors (Lipinski definition) is 2. The average molecular weight is 295 g/mol. The molecule has 0 amide bonds. The first-order chi connectivity index (χ1) is 9.13. The van der Waals surface area contributed by atoms with Crippen molar-refractivity contribution in [2.45, 2.75) is 19.4 Å². The van der Waals surface area contributed by atoms with Gasteiger partial charge in [-0.3, -0.25) is 4.98 Å². The SMILES string of the molecule is CNC(Cc1cccc(Cl)c1Cl)c1cnccc1C. The molecule has 0 aliphatic carbocycles. The van der Waals surface area contributed by atoms with E-state index in [2.05, 4.69) is 17.2 Å². The first-order valence-corrected chi connectivity index (χ1v) is 6.89. The molecule has 0 bridgehead atoms. The van der Waals surface area contributed by atoms with Gasteiger partial charge in [-0.05, 0) is 49.2 Å². The van der Waals surface area contributed by atoms with E-state index < -0.39 is 0 Å². The maximum absolute atomic E-state index is 6.25. The molecule has 2 aromatic rings. The summed E-state index contributed by atoms with van der Waals surface area (Å²) < 4.78 is 0. The van der Waals surface area contributed by atoms with Crippen molar-refractivity contribution >= 4 is 23.2 Å². The molecule has 2 nitrogen and oxygen atoms in total. The van der Waals surface area contributed by atoms with Crippen LogP contribution in [0.3, 0.4) is 0 Å². The van der Waals surface area contributed by atoms with Crippen LogP contribution in [0.15, 0.2) is 36.7 Å². The van der Waals surface area contributed by atoms with E-state index in [-0.39, 0.29) is 6.04 Å². The molecule has 0 saturated heterocycles. The Morgan fingerprint density at radius 3 is 2.74 bits per heavy atom. The number of nitrogens with one attached hydrogen (secondary N) is 1. The number of rotatable bonds is 4. The molecule has 1 heterocycles. The van der Waals surface area contributed by atoms with Gasteiger partial charge < -0.3 is 5.32 Å². The standard InChI is InChI=1S/C15H16Cl2N2/c1-10-6-7-19-9-12(10)14(18-2)8-11-4-3-5-13(16)15(11)17/h3-7,9,14,18H,8H2,1-2H3. The van der Waals surface area contributed by atoms with E-state index in [1.54, 1.807) is 12.3 Å². The number of halogens is 2. The molecule has 100 valence electrons. The molecule has 1 N–H and O–H groups in total. The highest BCUT2D eigenvalue weighted by Gasteiger charge is 2.15. The molecular formula is C15H16Cl2N2. The number of pyridine rings is 1. The van der Waals surface area contributed by atoms with E-state index in [4.69, 9.17) is 23.2 Å². The maximum Gasteiger partial charge on any atom is 0.0624 e. The summed E-state index contributed by atoms with van der Waals surface area (Å²) >= 11 is 12.3. The fraction of sp³-hybridized carbons (Fsp3) is 0.267. The molecule has 1 aromatic carbocycles. The van der Waals surface area contributed by atoms with Gasteiger partial charge in [0.1, 0.15) is 0 Å². The van der Waals surface area contributed by atoms with Crippen molar-refractivity contribution in [1.82, 2.24) is 10.3 Å². The first kappa shape index (κ1) is 14.3. The quantitative estimate of drug-likeness (QED) is 0.914. The Hall–Kier alpha value is -1.09. The van der Waals surface area contributed by atoms with Crippen LogP contribution >= 0.6 is 23.2 Å². The summed E-state index contributed by atoms with van der Waals surface area (Å²) in [6, 6.07) is 7.91. The summed E-state index contributed by atoms with van der Waals surface area (Å²) in [6.45, 7) is 2.08. The molecule has 1 aromatic heterocycles. The monoisotopic (exact) mass is 294 g/mol. The van der Waals surface area contributed by atoms with Crippen molar-refractivity contribution in [3.63, 3.8) is 0 Å². The number of aryl methyl sites for hydroxylation is 1. The minimum Gasteiger partial charge on any atom is -0.313 e. The number of hydrogen-bond donors (Lipinski definition) is 1. The summed E-state index contributed by atoms with van der Waals surface area (Å²) in [6.07, 6.45) is 4.48. The molecule has 0 saturated carbocycles. The molecule has 0 spiro atoms. The van der Waals surface area contributed by atoms with Crippen LogP contribution in [0, 0.1) is 6.92 Å². The third kappa shape index (κ3) is 3.27. The van der Waals surface area contributed by atoms with Gasteiger partial charge >= 0.3 is 0 Å². The Morgan fingerprint density at radius 1 is 1.26 bits per heavy atom. The van der Waals surface area contributed by atoms with Gasteiger partial charge in [0, 0.05) is 18.4 Å². The highest BCUT2D eigenvalue weighted by molar-refractivity contribution is 6.42. The smallest absolute Gasteiger partial charge is 0.0624 e. The lowest BCUT2D eigenvalue weighted by Crippen LogP contribution is -2.20. The van der Waals surface area contributed by atoms with Gasteiger partial charge in [0.15, 0.2) is 0 Å². The van der Waals surface area contributed by atoms with Crippen molar-refractivity contribution in [3.8, 4) is 0 Å². The third-order valence-corrected chi connectivity index (χ3v) is 4.12. The summed E-state index contributed by atoms with van der Waals surface area (Å²) in [4.78, 5) is 4.20. The molecule has 0 radical (unpaired) electrons. The van der Waals surface area contributed by atoms with E-state index >= 15 is 0 Å². The molecule has 1 atom stereocenters. The second kappa shape index (κ2) is 6.38. The molecule has 4 heteroatoms. The Bertz CT molecular complexity index is 570. The van der Waals surface area contributed by atoms with Crippen LogP contribution in [0.1, 0.15) is 22.7 Å². The maximum atomic E-state index is 6.25. The topological polar surface area (TPSA) is 24.9 Å². The molecule has 0 fully saturated rings. The zero-order valence-electron chi connectivity index (χ0n) is 11.0. The van der Waals surface area contributed by atoms with Gasteiger partial charge in [-0.2, -0.15) is 0 Å². The number of nitrogens with zero attached hydrogens (tertiary/aromatic N) is 1. The molecule has 19 heavy (non-hydrogen) atoms. The van der Waals surface area contributed by atoms with Crippen molar-refractivity contribution in [2.24, 2.45) is 0 Å². The highest BCUT2D eigenvalue weighted by atomic mass is 35.5. The summed E-state index contributed by atoms with van der Waals surface area (Å²) in [5.41, 5.74) is 3.44. The van der Waals surface area contributed by atoms with Crippen LogP contribution < -0.4 is 5.32 Å². The average Bonchev–Trinajstić information content (AvgIpc) is 2.41. The van der Waals surface area contributed by atoms with Crippen molar-refractivity contribution in [1.29, 1.82) is 0 Å². The van der Waals surface area contributed by atoms with Gasteiger partial charge in [0.25, 0.3) is 0 Å². The van der Waals surface area contributed by atoms with Gasteiger partial charge in [-0.25, -0.2) is 0 Å². The van der Waals surface area contributed by atoms with Crippen LogP contribution in [-0.2, 0) is 6.42 Å². The summed E-state index contributed by atoms with van der Waals surface area (Å²) in [5.74, 6) is 0. The zero-order chi connectivity index (χ0) is 13.8. The number of benzene rings is 1. The summed E-state index contributed by atoms with van der Waals surface area (Å²) in [5, 5.41) is 4.54. The Labute approximate surface area is 123 Å². The van der Waals surface area contributed by atoms with E-state index in [9.17, 15) is 0 Å². The minimum atomic E-state index is 0.171. The fourth-order valence-corrected chi connectivity index (χ4v) is 2.53.